The van der Waals surface area contributed by atoms with Crippen LogP contribution in [0.4, 0.5) is 4.79 Å². The van der Waals surface area contributed by atoms with Crippen molar-refractivity contribution in [3.05, 3.63) is 35.9 Å². The van der Waals surface area contributed by atoms with E-state index in [1.165, 1.54) is 6.42 Å². The maximum absolute atomic E-state index is 12.7. The molecule has 5 atom stereocenters. The number of rotatable bonds is 3. The summed E-state index contributed by atoms with van der Waals surface area (Å²) in [5, 5.41) is 0.813. The van der Waals surface area contributed by atoms with Crippen LogP contribution in [-0.4, -0.2) is 67.3 Å². The molecule has 4 fully saturated rings. The summed E-state index contributed by atoms with van der Waals surface area (Å²) in [4.78, 5) is 27.3. The van der Waals surface area contributed by atoms with E-state index in [1.54, 1.807) is 12.1 Å². The molecule has 0 radical (unpaired) electrons. The Hall–Kier alpha value is -1.56. The molecule has 4 aliphatic rings. The third kappa shape index (κ3) is 3.06. The van der Waals surface area contributed by atoms with Gasteiger partial charge < -0.3 is 0 Å². The molecule has 7 heteroatoms. The zero-order chi connectivity index (χ0) is 18.4. The van der Waals surface area contributed by atoms with Crippen LogP contribution in [0.2, 0.25) is 5.32 Å². The number of hydrogen-bond donors (Lipinski definition) is 0. The molecule has 3 heterocycles. The number of ether oxygens (including phenoxy) is 3. The van der Waals surface area contributed by atoms with Crippen LogP contribution in [-0.2, 0) is 14.2 Å². The molecule has 1 aromatic carbocycles. The minimum absolute atomic E-state index is 0.0139. The molecule has 0 aromatic heterocycles. The summed E-state index contributed by atoms with van der Waals surface area (Å²) < 4.78 is 17.9. The van der Waals surface area contributed by atoms with E-state index in [0.29, 0.717) is 5.56 Å². The van der Waals surface area contributed by atoms with E-state index in [-0.39, 0.29) is 50.2 Å². The van der Waals surface area contributed by atoms with Gasteiger partial charge in [-0.25, -0.2) is 0 Å². The summed E-state index contributed by atoms with van der Waals surface area (Å²) >= 11 is 0.223. The fraction of sp³-hybridized carbons (Fsp3) is 0.600. The number of nitrogens with zero attached hydrogens (tertiary/aromatic N) is 1. The SMILES string of the molecule is O=C(O[C@@H]1[C@H]2OC(=O)N(C3CCCCC3)[C@@H]2[C@H]2C[Se][C@@H]1O2)c1ccccc1. The van der Waals surface area contributed by atoms with Gasteiger partial charge in [0.2, 0.25) is 0 Å². The van der Waals surface area contributed by atoms with Crippen molar-refractivity contribution in [1.82, 2.24) is 4.90 Å². The Morgan fingerprint density at radius 2 is 1.93 bits per heavy atom. The first-order valence-electron chi connectivity index (χ1n) is 9.74. The Morgan fingerprint density at radius 1 is 1.15 bits per heavy atom. The molecule has 27 heavy (non-hydrogen) atoms. The molecular weight excluding hydrogens is 413 g/mol. The van der Waals surface area contributed by atoms with Crippen molar-refractivity contribution in [1.29, 1.82) is 0 Å². The Morgan fingerprint density at radius 3 is 2.70 bits per heavy atom. The van der Waals surface area contributed by atoms with Gasteiger partial charge in [0.25, 0.3) is 0 Å². The van der Waals surface area contributed by atoms with Gasteiger partial charge in [-0.2, -0.15) is 0 Å². The van der Waals surface area contributed by atoms with Crippen molar-refractivity contribution >= 4 is 27.0 Å². The maximum atomic E-state index is 12.7. The van der Waals surface area contributed by atoms with Crippen molar-refractivity contribution < 1.29 is 23.8 Å². The molecule has 0 unspecified atom stereocenters. The molecule has 144 valence electrons. The zero-order valence-corrected chi connectivity index (χ0v) is 16.7. The number of carbonyl (C=O) groups excluding carboxylic acids is 2. The van der Waals surface area contributed by atoms with Crippen LogP contribution >= 0.6 is 0 Å². The molecule has 1 amide bonds. The molecular formula is C20H23NO5Se. The van der Waals surface area contributed by atoms with Crippen LogP contribution in [0.25, 0.3) is 0 Å². The minimum atomic E-state index is -0.515. The first-order valence-corrected chi connectivity index (χ1v) is 11.9. The van der Waals surface area contributed by atoms with E-state index in [0.717, 1.165) is 31.0 Å². The average Bonchev–Trinajstić information content (AvgIpc) is 3.29. The van der Waals surface area contributed by atoms with Gasteiger partial charge in [0.15, 0.2) is 0 Å². The summed E-state index contributed by atoms with van der Waals surface area (Å²) in [6.07, 6.45) is 4.39. The Kier molecular flexibility index (Phi) is 4.62. The second-order valence-electron chi connectivity index (χ2n) is 7.65. The van der Waals surface area contributed by atoms with E-state index in [9.17, 15) is 9.59 Å². The van der Waals surface area contributed by atoms with E-state index in [2.05, 4.69) is 0 Å². The van der Waals surface area contributed by atoms with Gasteiger partial charge in [0, 0.05) is 0 Å². The molecule has 3 aliphatic heterocycles. The third-order valence-corrected chi connectivity index (χ3v) is 8.61. The fourth-order valence-corrected chi connectivity index (χ4v) is 7.44. The molecule has 1 saturated carbocycles. The number of benzene rings is 1. The van der Waals surface area contributed by atoms with E-state index in [4.69, 9.17) is 14.2 Å². The van der Waals surface area contributed by atoms with Crippen molar-refractivity contribution in [2.75, 3.05) is 0 Å². The molecule has 6 nitrogen and oxygen atoms in total. The van der Waals surface area contributed by atoms with Gasteiger partial charge in [-0.15, -0.1) is 0 Å². The topological polar surface area (TPSA) is 65.1 Å². The normalized spacial score (nSPS) is 35.6. The third-order valence-electron chi connectivity index (χ3n) is 6.03. The number of esters is 1. The summed E-state index contributed by atoms with van der Waals surface area (Å²) in [6, 6.07) is 9.05. The number of carbonyl (C=O) groups is 2. The van der Waals surface area contributed by atoms with Gasteiger partial charge in [-0.1, -0.05) is 0 Å². The molecule has 1 aliphatic carbocycles. The Balaban J connectivity index is 1.39. The van der Waals surface area contributed by atoms with Gasteiger partial charge in [0.1, 0.15) is 0 Å². The monoisotopic (exact) mass is 437 g/mol. The van der Waals surface area contributed by atoms with Gasteiger partial charge in [-0.05, 0) is 0 Å². The molecule has 1 aromatic rings. The molecule has 0 spiro atoms. The van der Waals surface area contributed by atoms with E-state index in [1.807, 2.05) is 23.1 Å². The molecule has 3 saturated heterocycles. The van der Waals surface area contributed by atoms with Crippen molar-refractivity contribution in [2.24, 2.45) is 0 Å². The molecule has 0 N–H and O–H groups in total. The predicted molar refractivity (Wildman–Crippen MR) is 97.6 cm³/mol. The first-order chi connectivity index (χ1) is 13.2. The van der Waals surface area contributed by atoms with Crippen molar-refractivity contribution in [3.8, 4) is 0 Å². The molecule has 5 rings (SSSR count). The first kappa shape index (κ1) is 17.5. The Bertz CT molecular complexity index is 722. The second-order valence-corrected chi connectivity index (χ2v) is 10.0. The summed E-state index contributed by atoms with van der Waals surface area (Å²) in [5.41, 5.74) is 0.509. The van der Waals surface area contributed by atoms with E-state index < -0.39 is 12.2 Å². The van der Waals surface area contributed by atoms with Gasteiger partial charge in [-0.3, -0.25) is 0 Å². The van der Waals surface area contributed by atoms with Crippen molar-refractivity contribution in [2.45, 2.75) is 72.8 Å². The van der Waals surface area contributed by atoms with Crippen LogP contribution in [0.3, 0.4) is 0 Å². The summed E-state index contributed by atoms with van der Waals surface area (Å²) in [6.45, 7) is 0. The van der Waals surface area contributed by atoms with Crippen LogP contribution in [0.5, 0.6) is 0 Å². The van der Waals surface area contributed by atoms with Crippen LogP contribution in [0, 0.1) is 0 Å². The Labute approximate surface area is 164 Å². The van der Waals surface area contributed by atoms with E-state index >= 15 is 0 Å². The van der Waals surface area contributed by atoms with Gasteiger partial charge >= 0.3 is 164 Å². The quantitative estimate of drug-likeness (QED) is 0.539. The number of amides is 1. The summed E-state index contributed by atoms with van der Waals surface area (Å²) in [5.74, 6) is -0.378. The second kappa shape index (κ2) is 7.12. The number of fused-ring (bicyclic) bond motifs is 4. The number of hydrogen-bond acceptors (Lipinski definition) is 5. The van der Waals surface area contributed by atoms with Crippen LogP contribution in [0.1, 0.15) is 42.5 Å². The zero-order valence-electron chi connectivity index (χ0n) is 15.0. The van der Waals surface area contributed by atoms with Crippen molar-refractivity contribution in [3.63, 3.8) is 0 Å². The standard InChI is InChI=1S/C20H23NO5Se/c22-18(12-7-3-1-4-8-12)25-17-16-15(14-11-27-19(17)24-14)21(20(23)26-16)13-9-5-2-6-10-13/h1,3-4,7-8,13-17,19H,2,5-6,9-11H2/t14-,15-,16+,17-,19+/m1/s1. The molecule has 2 bridgehead atoms. The predicted octanol–water partition coefficient (Wildman–Crippen LogP) is 2.60. The fourth-order valence-electron chi connectivity index (χ4n) is 4.77. The average molecular weight is 436 g/mol. The van der Waals surface area contributed by atoms with Crippen LogP contribution in [0.15, 0.2) is 30.3 Å². The van der Waals surface area contributed by atoms with Gasteiger partial charge in [0.05, 0.1) is 0 Å². The van der Waals surface area contributed by atoms with Crippen LogP contribution < -0.4 is 0 Å². The summed E-state index contributed by atoms with van der Waals surface area (Å²) in [7, 11) is 0.